The van der Waals surface area contributed by atoms with E-state index < -0.39 is 0 Å². The summed E-state index contributed by atoms with van der Waals surface area (Å²) in [6, 6.07) is 20.3. The van der Waals surface area contributed by atoms with Crippen molar-refractivity contribution in [3.8, 4) is 0 Å². The quantitative estimate of drug-likeness (QED) is 0.162. The molecule has 0 radical (unpaired) electrons. The number of hydrogen-bond donors (Lipinski definition) is 0. The number of aliphatic imine (C=N–C) groups is 2. The molecule has 0 saturated carbocycles. The molecule has 0 aliphatic carbocycles. The molecule has 0 atom stereocenters. The minimum Gasteiger partial charge on any atom is -0.255 e. The van der Waals surface area contributed by atoms with Crippen LogP contribution in [0.25, 0.3) is 0 Å². The largest absolute Gasteiger partial charge is 0.255 e. The number of para-hydroxylation sites is 2. The monoisotopic (exact) mass is 434 g/mol. The van der Waals surface area contributed by atoms with Crippen LogP contribution < -0.4 is 0 Å². The van der Waals surface area contributed by atoms with E-state index in [1.807, 2.05) is 54.7 Å². The zero-order valence-corrected chi connectivity index (χ0v) is 18.8. The standard InChI is InChI=1S/C26H36N2.Ni/c1-2-3-4-5-6-7-8-9-10-13-22-26(28-25-20-16-12-17-21-25)23-27-24-18-14-11-15-19-24;/h11-12,14-21,23H,2-10,13,22H2,1H3;/b27-23+,28-26+;. The summed E-state index contributed by atoms with van der Waals surface area (Å²) in [6.45, 7) is 2.28. The fourth-order valence-corrected chi connectivity index (χ4v) is 3.27. The Morgan fingerprint density at radius 2 is 1.14 bits per heavy atom. The van der Waals surface area contributed by atoms with Crippen molar-refractivity contribution in [2.75, 3.05) is 0 Å². The summed E-state index contributed by atoms with van der Waals surface area (Å²) in [6.07, 6.45) is 16.5. The van der Waals surface area contributed by atoms with Gasteiger partial charge in [-0.3, -0.25) is 9.98 Å². The van der Waals surface area contributed by atoms with Gasteiger partial charge in [0.2, 0.25) is 0 Å². The first-order valence-corrected chi connectivity index (χ1v) is 11.1. The summed E-state index contributed by atoms with van der Waals surface area (Å²) in [5, 5.41) is 0. The van der Waals surface area contributed by atoms with Crippen LogP contribution in [0.2, 0.25) is 0 Å². The summed E-state index contributed by atoms with van der Waals surface area (Å²) in [7, 11) is 0. The van der Waals surface area contributed by atoms with Crippen LogP contribution in [0.15, 0.2) is 70.6 Å². The van der Waals surface area contributed by atoms with Gasteiger partial charge in [0, 0.05) is 22.7 Å². The molecule has 0 amide bonds. The third-order valence-corrected chi connectivity index (χ3v) is 4.93. The fourth-order valence-electron chi connectivity index (χ4n) is 3.27. The van der Waals surface area contributed by atoms with Crippen LogP contribution in [0.1, 0.15) is 77.6 Å². The maximum absolute atomic E-state index is 4.82. The second-order valence-electron chi connectivity index (χ2n) is 7.46. The van der Waals surface area contributed by atoms with E-state index in [1.54, 1.807) is 0 Å². The molecule has 0 unspecified atom stereocenters. The first-order chi connectivity index (χ1) is 13.9. The normalized spacial score (nSPS) is 11.6. The Morgan fingerprint density at radius 1 is 0.655 bits per heavy atom. The van der Waals surface area contributed by atoms with Gasteiger partial charge in [0.15, 0.2) is 0 Å². The van der Waals surface area contributed by atoms with Gasteiger partial charge < -0.3 is 0 Å². The SMILES string of the molecule is CCCCCCCCCCCCC(/C=N/c1ccccc1)=N\c1ccccc1.[Ni]. The maximum atomic E-state index is 4.82. The molecule has 3 heteroatoms. The second kappa shape index (κ2) is 17.2. The van der Waals surface area contributed by atoms with Crippen molar-refractivity contribution < 1.29 is 16.5 Å². The van der Waals surface area contributed by atoms with Gasteiger partial charge >= 0.3 is 0 Å². The van der Waals surface area contributed by atoms with E-state index in [-0.39, 0.29) is 16.5 Å². The molecule has 2 nitrogen and oxygen atoms in total. The Bertz CT molecular complexity index is 680. The van der Waals surface area contributed by atoms with Crippen molar-refractivity contribution in [3.63, 3.8) is 0 Å². The molecular weight excluding hydrogens is 399 g/mol. The maximum Gasteiger partial charge on any atom is 0.0633 e. The predicted molar refractivity (Wildman–Crippen MR) is 125 cm³/mol. The number of rotatable bonds is 14. The predicted octanol–water partition coefficient (Wildman–Crippen LogP) is 8.47. The van der Waals surface area contributed by atoms with E-state index in [2.05, 4.69) is 24.0 Å². The third-order valence-electron chi connectivity index (χ3n) is 4.93. The van der Waals surface area contributed by atoms with Gasteiger partial charge in [0.25, 0.3) is 0 Å². The topological polar surface area (TPSA) is 24.7 Å². The molecule has 2 rings (SSSR count). The Hall–Kier alpha value is -1.73. The Morgan fingerprint density at radius 3 is 1.69 bits per heavy atom. The molecule has 0 fully saturated rings. The molecule has 0 aliphatic rings. The van der Waals surface area contributed by atoms with Crippen molar-refractivity contribution in [3.05, 3.63) is 60.7 Å². The van der Waals surface area contributed by atoms with E-state index in [4.69, 9.17) is 4.99 Å². The van der Waals surface area contributed by atoms with Crippen LogP contribution in [0.4, 0.5) is 11.4 Å². The molecule has 2 aromatic rings. The van der Waals surface area contributed by atoms with Crippen molar-refractivity contribution in [1.29, 1.82) is 0 Å². The summed E-state index contributed by atoms with van der Waals surface area (Å²) in [5.74, 6) is 0. The molecule has 0 aromatic heterocycles. The van der Waals surface area contributed by atoms with Gasteiger partial charge in [0.1, 0.15) is 0 Å². The van der Waals surface area contributed by atoms with Crippen LogP contribution in [0.5, 0.6) is 0 Å². The number of hydrogen-bond acceptors (Lipinski definition) is 2. The molecule has 0 heterocycles. The van der Waals surface area contributed by atoms with Gasteiger partial charge in [-0.2, -0.15) is 0 Å². The van der Waals surface area contributed by atoms with Gasteiger partial charge in [-0.05, 0) is 37.1 Å². The van der Waals surface area contributed by atoms with Crippen LogP contribution in [-0.2, 0) is 16.5 Å². The molecular formula is C26H36N2Ni. The van der Waals surface area contributed by atoms with Crippen molar-refractivity contribution in [2.24, 2.45) is 9.98 Å². The first kappa shape index (κ1) is 25.3. The van der Waals surface area contributed by atoms with Gasteiger partial charge in [0.05, 0.1) is 17.1 Å². The molecule has 0 bridgehead atoms. The molecule has 29 heavy (non-hydrogen) atoms. The summed E-state index contributed by atoms with van der Waals surface area (Å²) < 4.78 is 0. The molecule has 0 spiro atoms. The Balaban J connectivity index is 0.00000420. The van der Waals surface area contributed by atoms with E-state index in [0.29, 0.717) is 0 Å². The van der Waals surface area contributed by atoms with E-state index in [0.717, 1.165) is 23.5 Å². The van der Waals surface area contributed by atoms with Gasteiger partial charge in [-0.15, -0.1) is 0 Å². The third kappa shape index (κ3) is 12.4. The molecule has 160 valence electrons. The Labute approximate surface area is 187 Å². The fraction of sp³-hybridized carbons (Fsp3) is 0.462. The van der Waals surface area contributed by atoms with Crippen molar-refractivity contribution in [2.45, 2.75) is 77.6 Å². The van der Waals surface area contributed by atoms with E-state index in [9.17, 15) is 0 Å². The summed E-state index contributed by atoms with van der Waals surface area (Å²) in [5.41, 5.74) is 3.05. The summed E-state index contributed by atoms with van der Waals surface area (Å²) in [4.78, 5) is 9.43. The minimum absolute atomic E-state index is 0. The zero-order chi connectivity index (χ0) is 19.7. The molecule has 0 N–H and O–H groups in total. The van der Waals surface area contributed by atoms with Crippen LogP contribution in [0.3, 0.4) is 0 Å². The average molecular weight is 435 g/mol. The van der Waals surface area contributed by atoms with Gasteiger partial charge in [-0.25, -0.2) is 0 Å². The number of benzene rings is 2. The summed E-state index contributed by atoms with van der Waals surface area (Å²) >= 11 is 0. The smallest absolute Gasteiger partial charge is 0.0633 e. The van der Waals surface area contributed by atoms with Gasteiger partial charge in [-0.1, -0.05) is 101 Å². The molecule has 0 saturated heterocycles. The second-order valence-corrected chi connectivity index (χ2v) is 7.46. The van der Waals surface area contributed by atoms with Crippen molar-refractivity contribution in [1.82, 2.24) is 0 Å². The van der Waals surface area contributed by atoms with Crippen molar-refractivity contribution >= 4 is 23.3 Å². The number of nitrogens with zero attached hydrogens (tertiary/aromatic N) is 2. The number of unbranched alkanes of at least 4 members (excludes halogenated alkanes) is 9. The van der Waals surface area contributed by atoms with Crippen LogP contribution in [0, 0.1) is 0 Å². The zero-order valence-electron chi connectivity index (χ0n) is 17.8. The van der Waals surface area contributed by atoms with Crippen LogP contribution in [-0.4, -0.2) is 11.9 Å². The molecule has 2 aromatic carbocycles. The first-order valence-electron chi connectivity index (χ1n) is 11.1. The molecule has 0 aliphatic heterocycles. The van der Waals surface area contributed by atoms with Crippen LogP contribution >= 0.6 is 0 Å². The van der Waals surface area contributed by atoms with E-state index >= 15 is 0 Å². The Kier molecular flexibility index (Phi) is 15.0. The minimum atomic E-state index is 0. The average Bonchev–Trinajstić information content (AvgIpc) is 2.74. The van der Waals surface area contributed by atoms with E-state index in [1.165, 1.54) is 64.2 Å².